The number of hydrogen-bond donors (Lipinski definition) is 1. The molecule has 0 radical (unpaired) electrons. The molecule has 98 valence electrons. The van der Waals surface area contributed by atoms with Crippen molar-refractivity contribution in [2.24, 2.45) is 13.0 Å². The monoisotopic (exact) mass is 266 g/mol. The van der Waals surface area contributed by atoms with E-state index in [0.717, 1.165) is 36.2 Å². The molecule has 18 heavy (non-hydrogen) atoms. The zero-order chi connectivity index (χ0) is 12.5. The second kappa shape index (κ2) is 4.85. The van der Waals surface area contributed by atoms with Gasteiger partial charge < -0.3 is 10.1 Å². The Morgan fingerprint density at radius 2 is 2.44 bits per heavy atom. The van der Waals surface area contributed by atoms with Crippen molar-refractivity contribution in [3.8, 4) is 0 Å². The first-order valence-corrected chi connectivity index (χ1v) is 7.17. The van der Waals surface area contributed by atoms with Gasteiger partial charge in [0.1, 0.15) is 0 Å². The number of thiazole rings is 1. The van der Waals surface area contributed by atoms with Crippen LogP contribution in [0.5, 0.6) is 0 Å². The van der Waals surface area contributed by atoms with Crippen LogP contribution in [0.3, 0.4) is 0 Å². The molecule has 2 aromatic rings. The third-order valence-electron chi connectivity index (χ3n) is 3.34. The van der Waals surface area contributed by atoms with Gasteiger partial charge in [-0.15, -0.1) is 0 Å². The van der Waals surface area contributed by atoms with E-state index in [1.807, 2.05) is 18.7 Å². The van der Waals surface area contributed by atoms with Crippen molar-refractivity contribution in [3.63, 3.8) is 0 Å². The first-order chi connectivity index (χ1) is 8.74. The fraction of sp³-hybridized carbons (Fsp3) is 0.667. The molecule has 5 nitrogen and oxygen atoms in total. The maximum Gasteiger partial charge on any atom is 0.185 e. The third-order valence-corrected chi connectivity index (χ3v) is 4.45. The van der Waals surface area contributed by atoms with Crippen molar-refractivity contribution >= 4 is 26.8 Å². The van der Waals surface area contributed by atoms with Gasteiger partial charge in [0.05, 0.1) is 17.0 Å². The van der Waals surface area contributed by atoms with Crippen molar-refractivity contribution in [1.29, 1.82) is 0 Å². The third kappa shape index (κ3) is 2.22. The van der Waals surface area contributed by atoms with Gasteiger partial charge in [0, 0.05) is 20.2 Å². The van der Waals surface area contributed by atoms with Crippen molar-refractivity contribution in [2.75, 3.05) is 25.1 Å². The van der Waals surface area contributed by atoms with Gasteiger partial charge in [-0.1, -0.05) is 11.3 Å². The highest BCUT2D eigenvalue weighted by atomic mass is 32.1. The molecule has 1 N–H and O–H groups in total. The second-order valence-corrected chi connectivity index (χ2v) is 5.84. The number of ether oxygens (including phenoxy) is 1. The first kappa shape index (κ1) is 11.9. The van der Waals surface area contributed by atoms with E-state index in [4.69, 9.17) is 4.74 Å². The molecule has 3 rings (SSSR count). The minimum Gasteiger partial charge on any atom is -0.381 e. The van der Waals surface area contributed by atoms with Crippen molar-refractivity contribution < 1.29 is 4.74 Å². The average Bonchev–Trinajstić information content (AvgIpc) is 2.91. The lowest BCUT2D eigenvalue weighted by Crippen LogP contribution is -2.24. The summed E-state index contributed by atoms with van der Waals surface area (Å²) >= 11 is 1.69. The molecule has 0 bridgehead atoms. The van der Waals surface area contributed by atoms with E-state index >= 15 is 0 Å². The molecule has 0 saturated carbocycles. The molecule has 1 atom stereocenters. The number of rotatable bonds is 3. The Hall–Kier alpha value is -1.14. The molecule has 1 unspecified atom stereocenters. The SMILES string of the molecule is Cc1nn(C)c2nc(NCC3CCCOC3)sc12. The van der Waals surface area contributed by atoms with E-state index in [2.05, 4.69) is 15.4 Å². The Morgan fingerprint density at radius 1 is 1.56 bits per heavy atom. The van der Waals surface area contributed by atoms with Crippen LogP contribution in [0, 0.1) is 12.8 Å². The van der Waals surface area contributed by atoms with Gasteiger partial charge in [0.25, 0.3) is 0 Å². The fourth-order valence-electron chi connectivity index (χ4n) is 2.36. The zero-order valence-corrected chi connectivity index (χ0v) is 11.6. The Labute approximate surface area is 110 Å². The lowest BCUT2D eigenvalue weighted by atomic mass is 10.0. The van der Waals surface area contributed by atoms with Crippen LogP contribution in [0.25, 0.3) is 10.3 Å². The van der Waals surface area contributed by atoms with E-state index in [-0.39, 0.29) is 0 Å². The molecule has 1 fully saturated rings. The van der Waals surface area contributed by atoms with E-state index < -0.39 is 0 Å². The van der Waals surface area contributed by atoms with Gasteiger partial charge in [0.15, 0.2) is 10.8 Å². The second-order valence-electron chi connectivity index (χ2n) is 4.84. The van der Waals surface area contributed by atoms with Crippen LogP contribution in [0.4, 0.5) is 5.13 Å². The molecule has 3 heterocycles. The van der Waals surface area contributed by atoms with Crippen LogP contribution in [-0.2, 0) is 11.8 Å². The van der Waals surface area contributed by atoms with Crippen LogP contribution in [0.1, 0.15) is 18.5 Å². The van der Waals surface area contributed by atoms with Gasteiger partial charge in [0.2, 0.25) is 0 Å². The molecule has 6 heteroatoms. The number of aryl methyl sites for hydroxylation is 2. The minimum absolute atomic E-state index is 0.616. The smallest absolute Gasteiger partial charge is 0.185 e. The number of anilines is 1. The van der Waals surface area contributed by atoms with E-state index in [9.17, 15) is 0 Å². The Bertz CT molecular complexity index is 507. The number of fused-ring (bicyclic) bond motifs is 1. The summed E-state index contributed by atoms with van der Waals surface area (Å²) in [5, 5.41) is 8.78. The lowest BCUT2D eigenvalue weighted by molar-refractivity contribution is 0.0595. The predicted octanol–water partition coefficient (Wildman–Crippen LogP) is 2.18. The van der Waals surface area contributed by atoms with Crippen molar-refractivity contribution in [2.45, 2.75) is 19.8 Å². The quantitative estimate of drug-likeness (QED) is 0.925. The number of nitrogens with zero attached hydrogens (tertiary/aromatic N) is 3. The molecular weight excluding hydrogens is 248 g/mol. The van der Waals surface area contributed by atoms with E-state index in [1.54, 1.807) is 11.3 Å². The Balaban J connectivity index is 1.69. The fourth-order valence-corrected chi connectivity index (χ4v) is 3.30. The lowest BCUT2D eigenvalue weighted by Gasteiger charge is -2.21. The summed E-state index contributed by atoms with van der Waals surface area (Å²) in [6.45, 7) is 4.77. The number of hydrogen-bond acceptors (Lipinski definition) is 5. The standard InChI is InChI=1S/C12H18N4OS/c1-8-10-11(16(2)15-8)14-12(18-10)13-6-9-4-3-5-17-7-9/h9H,3-7H2,1-2H3,(H,13,14). The highest BCUT2D eigenvalue weighted by molar-refractivity contribution is 7.22. The summed E-state index contributed by atoms with van der Waals surface area (Å²) in [5.74, 6) is 0.616. The summed E-state index contributed by atoms with van der Waals surface area (Å²) in [5.41, 5.74) is 2.03. The summed E-state index contributed by atoms with van der Waals surface area (Å²) in [7, 11) is 1.94. The molecule has 0 aromatic carbocycles. The molecule has 0 aliphatic carbocycles. The molecular formula is C12H18N4OS. The van der Waals surface area contributed by atoms with Gasteiger partial charge in [-0.05, 0) is 25.7 Å². The highest BCUT2D eigenvalue weighted by Gasteiger charge is 2.15. The van der Waals surface area contributed by atoms with Crippen LogP contribution < -0.4 is 5.32 Å². The van der Waals surface area contributed by atoms with Crippen LogP contribution in [0.2, 0.25) is 0 Å². The van der Waals surface area contributed by atoms with Crippen LogP contribution in [0.15, 0.2) is 0 Å². The number of aromatic nitrogens is 3. The Morgan fingerprint density at radius 3 is 3.17 bits per heavy atom. The van der Waals surface area contributed by atoms with E-state index in [0.29, 0.717) is 5.92 Å². The average molecular weight is 266 g/mol. The highest BCUT2D eigenvalue weighted by Crippen LogP contribution is 2.28. The molecule has 1 aliphatic heterocycles. The van der Waals surface area contributed by atoms with Gasteiger partial charge in [-0.2, -0.15) is 5.10 Å². The van der Waals surface area contributed by atoms with Crippen molar-refractivity contribution in [3.05, 3.63) is 5.69 Å². The van der Waals surface area contributed by atoms with Gasteiger partial charge in [-0.25, -0.2) is 9.67 Å². The summed E-state index contributed by atoms with van der Waals surface area (Å²) in [6, 6.07) is 0. The van der Waals surface area contributed by atoms with Crippen LogP contribution >= 0.6 is 11.3 Å². The largest absolute Gasteiger partial charge is 0.381 e. The van der Waals surface area contributed by atoms with Crippen molar-refractivity contribution in [1.82, 2.24) is 14.8 Å². The maximum absolute atomic E-state index is 5.48. The summed E-state index contributed by atoms with van der Waals surface area (Å²) in [4.78, 5) is 4.58. The summed E-state index contributed by atoms with van der Waals surface area (Å²) in [6.07, 6.45) is 2.42. The molecule has 2 aromatic heterocycles. The molecule has 0 spiro atoms. The Kier molecular flexibility index (Phi) is 3.22. The predicted molar refractivity (Wildman–Crippen MR) is 73.2 cm³/mol. The van der Waals surface area contributed by atoms with Crippen LogP contribution in [-0.4, -0.2) is 34.5 Å². The molecule has 1 saturated heterocycles. The topological polar surface area (TPSA) is 52.0 Å². The molecule has 0 amide bonds. The van der Waals surface area contributed by atoms with Gasteiger partial charge >= 0.3 is 0 Å². The zero-order valence-electron chi connectivity index (χ0n) is 10.8. The minimum atomic E-state index is 0.616. The number of nitrogens with one attached hydrogen (secondary N) is 1. The van der Waals surface area contributed by atoms with Gasteiger partial charge in [-0.3, -0.25) is 0 Å². The normalized spacial score (nSPS) is 20.4. The first-order valence-electron chi connectivity index (χ1n) is 6.36. The van der Waals surface area contributed by atoms with E-state index in [1.165, 1.54) is 17.5 Å². The summed E-state index contributed by atoms with van der Waals surface area (Å²) < 4.78 is 8.51. The molecule has 1 aliphatic rings. The maximum atomic E-state index is 5.48.